The molecule has 0 radical (unpaired) electrons. The van der Waals surface area contributed by atoms with Crippen LogP contribution in [0.1, 0.15) is 65.2 Å². The lowest BCUT2D eigenvalue weighted by Gasteiger charge is -2.43. The summed E-state index contributed by atoms with van der Waals surface area (Å²) in [6.07, 6.45) is 8.69. The number of carbonyl (C=O) groups is 1. The second-order valence-corrected chi connectivity index (χ2v) is 11.3. The van der Waals surface area contributed by atoms with Gasteiger partial charge >= 0.3 is 0 Å². The Labute approximate surface area is 206 Å². The zero-order valence-electron chi connectivity index (χ0n) is 21.3. The SMILES string of the molecule is C=C(C)COC1CC(C(=O)NC2CCC(C)C(NC3NCCC(C4CCCNC4)N3)C2)CCN1. The van der Waals surface area contributed by atoms with Crippen LogP contribution in [0.15, 0.2) is 12.2 Å². The molecule has 6 N–H and O–H groups in total. The van der Waals surface area contributed by atoms with Gasteiger partial charge in [-0.25, -0.2) is 0 Å². The van der Waals surface area contributed by atoms with Gasteiger partial charge in [0.1, 0.15) is 12.5 Å². The highest BCUT2D eigenvalue weighted by atomic mass is 16.5. The number of rotatable bonds is 8. The number of carbonyl (C=O) groups excluding carboxylic acids is 1. The third kappa shape index (κ3) is 7.48. The van der Waals surface area contributed by atoms with Gasteiger partial charge in [-0.2, -0.15) is 0 Å². The molecule has 0 aromatic heterocycles. The molecule has 194 valence electrons. The molecule has 0 aromatic carbocycles. The van der Waals surface area contributed by atoms with Gasteiger partial charge in [-0.15, -0.1) is 0 Å². The third-order valence-corrected chi connectivity index (χ3v) is 8.28. The van der Waals surface area contributed by atoms with E-state index in [9.17, 15) is 4.79 Å². The minimum absolute atomic E-state index is 0.0219. The zero-order valence-corrected chi connectivity index (χ0v) is 21.3. The van der Waals surface area contributed by atoms with Gasteiger partial charge in [0, 0.05) is 24.0 Å². The summed E-state index contributed by atoms with van der Waals surface area (Å²) in [6.45, 7) is 12.9. The van der Waals surface area contributed by atoms with Crippen LogP contribution < -0.4 is 31.9 Å². The molecule has 4 fully saturated rings. The Bertz CT molecular complexity index is 670. The summed E-state index contributed by atoms with van der Waals surface area (Å²) < 4.78 is 5.86. The first-order valence-electron chi connectivity index (χ1n) is 13.7. The first-order chi connectivity index (χ1) is 16.5. The van der Waals surface area contributed by atoms with Crippen LogP contribution in [0.5, 0.6) is 0 Å². The van der Waals surface area contributed by atoms with Gasteiger partial charge in [0.15, 0.2) is 0 Å². The number of piperidine rings is 2. The minimum atomic E-state index is -0.0576. The number of hydrogen-bond donors (Lipinski definition) is 6. The summed E-state index contributed by atoms with van der Waals surface area (Å²) in [4.78, 5) is 13.1. The van der Waals surface area contributed by atoms with Crippen molar-refractivity contribution in [2.75, 3.05) is 32.8 Å². The monoisotopic (exact) mass is 476 g/mol. The molecule has 3 aliphatic heterocycles. The highest BCUT2D eigenvalue weighted by molar-refractivity contribution is 5.79. The molecule has 3 heterocycles. The summed E-state index contributed by atoms with van der Waals surface area (Å²) in [5.41, 5.74) is 1.01. The first-order valence-corrected chi connectivity index (χ1v) is 13.7. The van der Waals surface area contributed by atoms with Crippen LogP contribution in [-0.2, 0) is 9.53 Å². The normalized spacial score (nSPS) is 39.4. The second kappa shape index (κ2) is 12.8. The van der Waals surface area contributed by atoms with Crippen LogP contribution in [0.25, 0.3) is 0 Å². The summed E-state index contributed by atoms with van der Waals surface area (Å²) in [5.74, 6) is 1.55. The predicted octanol–water partition coefficient (Wildman–Crippen LogP) is 1.40. The third-order valence-electron chi connectivity index (χ3n) is 8.28. The molecule has 8 atom stereocenters. The van der Waals surface area contributed by atoms with Crippen LogP contribution in [0.3, 0.4) is 0 Å². The Morgan fingerprint density at radius 2 is 1.91 bits per heavy atom. The Balaban J connectivity index is 1.24. The van der Waals surface area contributed by atoms with Gasteiger partial charge in [-0.05, 0) is 96.3 Å². The Kier molecular flexibility index (Phi) is 9.80. The van der Waals surface area contributed by atoms with Crippen molar-refractivity contribution >= 4 is 5.91 Å². The molecule has 1 amide bonds. The summed E-state index contributed by atoms with van der Waals surface area (Å²) in [5, 5.41) is 21.7. The molecular weight excluding hydrogens is 428 g/mol. The molecule has 8 nitrogen and oxygen atoms in total. The van der Waals surface area contributed by atoms with Gasteiger partial charge in [0.2, 0.25) is 5.91 Å². The van der Waals surface area contributed by atoms with Gasteiger partial charge in [0.25, 0.3) is 0 Å². The Hall–Kier alpha value is -1.03. The second-order valence-electron chi connectivity index (χ2n) is 11.3. The Morgan fingerprint density at radius 3 is 2.71 bits per heavy atom. The van der Waals surface area contributed by atoms with E-state index in [1.165, 1.54) is 19.3 Å². The number of amides is 1. The van der Waals surface area contributed by atoms with Crippen molar-refractivity contribution in [1.29, 1.82) is 0 Å². The van der Waals surface area contributed by atoms with Crippen molar-refractivity contribution < 1.29 is 9.53 Å². The molecule has 0 aromatic rings. The minimum Gasteiger partial charge on any atom is -0.359 e. The van der Waals surface area contributed by atoms with Crippen molar-refractivity contribution in [3.63, 3.8) is 0 Å². The maximum Gasteiger partial charge on any atom is 0.223 e. The molecule has 3 saturated heterocycles. The van der Waals surface area contributed by atoms with Crippen molar-refractivity contribution in [1.82, 2.24) is 31.9 Å². The van der Waals surface area contributed by atoms with Crippen LogP contribution in [0.2, 0.25) is 0 Å². The van der Waals surface area contributed by atoms with Gasteiger partial charge in [0.05, 0.1) is 6.61 Å². The van der Waals surface area contributed by atoms with E-state index in [1.54, 1.807) is 0 Å². The molecule has 8 heteroatoms. The molecule has 1 aliphatic carbocycles. The van der Waals surface area contributed by atoms with E-state index >= 15 is 0 Å². The average molecular weight is 477 g/mol. The van der Waals surface area contributed by atoms with E-state index in [2.05, 4.69) is 45.4 Å². The van der Waals surface area contributed by atoms with E-state index in [0.717, 1.165) is 69.8 Å². The lowest BCUT2D eigenvalue weighted by Crippen LogP contribution is -2.66. The fraction of sp³-hybridized carbons (Fsp3) is 0.885. The van der Waals surface area contributed by atoms with Crippen LogP contribution in [-0.4, -0.2) is 69.3 Å². The summed E-state index contributed by atoms with van der Waals surface area (Å²) >= 11 is 0. The van der Waals surface area contributed by atoms with Gasteiger partial charge in [-0.3, -0.25) is 26.1 Å². The van der Waals surface area contributed by atoms with Crippen LogP contribution in [0, 0.1) is 17.8 Å². The standard InChI is InChI=1S/C26H48N6O2/c1-17(2)16-34-24-13-19(8-11-28-24)25(33)30-21-7-6-18(3)23(14-21)32-26-29-12-9-22(31-26)20-5-4-10-27-15-20/h18-24,26-29,31-32H,1,4-16H2,2-3H3,(H,30,33). The molecule has 8 unspecified atom stereocenters. The fourth-order valence-electron chi connectivity index (χ4n) is 6.15. The highest BCUT2D eigenvalue weighted by Gasteiger charge is 2.35. The molecular formula is C26H48N6O2. The van der Waals surface area contributed by atoms with E-state index in [4.69, 9.17) is 4.74 Å². The van der Waals surface area contributed by atoms with Crippen molar-refractivity contribution in [3.05, 3.63) is 12.2 Å². The molecule has 1 saturated carbocycles. The molecule has 0 spiro atoms. The van der Waals surface area contributed by atoms with Crippen molar-refractivity contribution in [3.8, 4) is 0 Å². The summed E-state index contributed by atoms with van der Waals surface area (Å²) in [7, 11) is 0. The van der Waals surface area contributed by atoms with Crippen molar-refractivity contribution in [2.24, 2.45) is 17.8 Å². The molecule has 4 rings (SSSR count). The molecule has 4 aliphatic rings. The van der Waals surface area contributed by atoms with Crippen LogP contribution >= 0.6 is 0 Å². The predicted molar refractivity (Wildman–Crippen MR) is 136 cm³/mol. The maximum absolute atomic E-state index is 13.1. The number of ether oxygens (including phenoxy) is 1. The van der Waals surface area contributed by atoms with E-state index < -0.39 is 0 Å². The van der Waals surface area contributed by atoms with Gasteiger partial charge in [-0.1, -0.05) is 19.1 Å². The maximum atomic E-state index is 13.1. The quantitative estimate of drug-likeness (QED) is 0.295. The largest absolute Gasteiger partial charge is 0.359 e. The van der Waals surface area contributed by atoms with E-state index in [0.29, 0.717) is 24.6 Å². The topological polar surface area (TPSA) is 98.5 Å². The van der Waals surface area contributed by atoms with E-state index in [1.807, 2.05) is 6.92 Å². The van der Waals surface area contributed by atoms with Crippen molar-refractivity contribution in [2.45, 2.75) is 95.9 Å². The zero-order chi connectivity index (χ0) is 23.9. The number of nitrogens with one attached hydrogen (secondary N) is 6. The first kappa shape index (κ1) is 26.0. The highest BCUT2D eigenvalue weighted by Crippen LogP contribution is 2.27. The summed E-state index contributed by atoms with van der Waals surface area (Å²) in [6, 6.07) is 1.21. The molecule has 0 bridgehead atoms. The fourth-order valence-corrected chi connectivity index (χ4v) is 6.15. The number of hydrogen-bond acceptors (Lipinski definition) is 7. The smallest absolute Gasteiger partial charge is 0.223 e. The van der Waals surface area contributed by atoms with E-state index in [-0.39, 0.29) is 30.4 Å². The van der Waals surface area contributed by atoms with Crippen LogP contribution in [0.4, 0.5) is 0 Å². The molecule has 34 heavy (non-hydrogen) atoms. The lowest BCUT2D eigenvalue weighted by atomic mass is 9.82. The average Bonchev–Trinajstić information content (AvgIpc) is 2.86. The Morgan fingerprint density at radius 1 is 1.06 bits per heavy atom. The lowest BCUT2D eigenvalue weighted by molar-refractivity contribution is -0.129. The van der Waals surface area contributed by atoms with Gasteiger partial charge < -0.3 is 15.4 Å².